The van der Waals surface area contributed by atoms with Gasteiger partial charge in [-0.15, -0.1) is 0 Å². The van der Waals surface area contributed by atoms with Crippen LogP contribution in [-0.4, -0.2) is 48.5 Å². The van der Waals surface area contributed by atoms with E-state index in [4.69, 9.17) is 4.74 Å². The Hall–Kier alpha value is -1.46. The zero-order valence-electron chi connectivity index (χ0n) is 9.51. The highest BCUT2D eigenvalue weighted by molar-refractivity contribution is 5.61. The zero-order chi connectivity index (χ0) is 11.4. The van der Waals surface area contributed by atoms with Gasteiger partial charge < -0.3 is 14.4 Å². The lowest BCUT2D eigenvalue weighted by Crippen LogP contribution is -2.43. The summed E-state index contributed by atoms with van der Waals surface area (Å²) < 4.78 is 9.73. The lowest BCUT2D eigenvalue weighted by Gasteiger charge is -2.29. The van der Waals surface area contributed by atoms with Crippen LogP contribution in [0.2, 0.25) is 0 Å². The van der Waals surface area contributed by atoms with Gasteiger partial charge in [-0.25, -0.2) is 4.79 Å². The average molecular weight is 215 g/mol. The lowest BCUT2D eigenvalue weighted by atomic mass is 10.4. The van der Waals surface area contributed by atoms with E-state index in [9.17, 15) is 4.79 Å². The molecule has 0 aromatic rings. The maximum atomic E-state index is 11.1. The molecule has 0 aliphatic carbocycles. The largest absolute Gasteiger partial charge is 0.510 e. The monoisotopic (exact) mass is 215 g/mol. The third-order valence-electron chi connectivity index (χ3n) is 2.29. The molecule has 86 valence electrons. The molecule has 0 N–H and O–H groups in total. The topological polar surface area (TPSA) is 54.4 Å². The van der Waals surface area contributed by atoms with Crippen molar-refractivity contribution in [2.45, 2.75) is 33.2 Å². The summed E-state index contributed by atoms with van der Waals surface area (Å²) in [6, 6.07) is 0. The second-order valence-electron chi connectivity index (χ2n) is 3.28. The second kappa shape index (κ2) is 4.86. The minimum atomic E-state index is -0.653. The van der Waals surface area contributed by atoms with Crippen molar-refractivity contribution in [3.05, 3.63) is 0 Å². The first-order valence-electron chi connectivity index (χ1n) is 4.94. The SMILES string of the molecule is CCOC(=O)OC(C)N1C=NN(C)C1C. The fourth-order valence-electron chi connectivity index (χ4n) is 1.28. The summed E-state index contributed by atoms with van der Waals surface area (Å²) in [5, 5.41) is 5.86. The zero-order valence-corrected chi connectivity index (χ0v) is 9.51. The van der Waals surface area contributed by atoms with Gasteiger partial charge in [0.25, 0.3) is 0 Å². The van der Waals surface area contributed by atoms with Crippen molar-refractivity contribution < 1.29 is 14.3 Å². The molecular weight excluding hydrogens is 198 g/mol. The molecule has 0 saturated heterocycles. The molecule has 6 nitrogen and oxygen atoms in total. The Bertz CT molecular complexity index is 257. The van der Waals surface area contributed by atoms with Crippen molar-refractivity contribution >= 4 is 12.5 Å². The first kappa shape index (κ1) is 11.6. The first-order chi connectivity index (χ1) is 7.06. The summed E-state index contributed by atoms with van der Waals surface area (Å²) in [6.45, 7) is 5.80. The number of nitrogens with zero attached hydrogens (tertiary/aromatic N) is 3. The highest BCUT2D eigenvalue weighted by atomic mass is 16.7. The summed E-state index contributed by atoms with van der Waals surface area (Å²) in [6.07, 6.45) is 0.691. The number of hydrogen-bond acceptors (Lipinski definition) is 6. The molecule has 15 heavy (non-hydrogen) atoms. The van der Waals surface area contributed by atoms with Gasteiger partial charge in [-0.2, -0.15) is 5.10 Å². The van der Waals surface area contributed by atoms with Gasteiger partial charge in [0.15, 0.2) is 6.23 Å². The molecule has 0 bridgehead atoms. The Balaban J connectivity index is 2.44. The third kappa shape index (κ3) is 2.74. The minimum Gasteiger partial charge on any atom is -0.435 e. The molecule has 6 heteroatoms. The summed E-state index contributed by atoms with van der Waals surface area (Å²) in [5.74, 6) is 0. The van der Waals surface area contributed by atoms with Crippen LogP contribution < -0.4 is 0 Å². The maximum absolute atomic E-state index is 11.1. The van der Waals surface area contributed by atoms with E-state index < -0.39 is 6.16 Å². The maximum Gasteiger partial charge on any atom is 0.510 e. The Labute approximate surface area is 89.4 Å². The van der Waals surface area contributed by atoms with Gasteiger partial charge in [0.05, 0.1) is 6.61 Å². The van der Waals surface area contributed by atoms with Crippen LogP contribution >= 0.6 is 0 Å². The van der Waals surface area contributed by atoms with E-state index in [1.165, 1.54) is 0 Å². The number of carbonyl (C=O) groups is 1. The van der Waals surface area contributed by atoms with Gasteiger partial charge in [-0.3, -0.25) is 5.01 Å². The van der Waals surface area contributed by atoms with E-state index in [1.54, 1.807) is 25.2 Å². The van der Waals surface area contributed by atoms with E-state index >= 15 is 0 Å². The lowest BCUT2D eigenvalue weighted by molar-refractivity contribution is -0.0318. The van der Waals surface area contributed by atoms with Crippen molar-refractivity contribution in [3.8, 4) is 0 Å². The van der Waals surface area contributed by atoms with Crippen LogP contribution in [0.25, 0.3) is 0 Å². The molecule has 1 rings (SSSR count). The van der Waals surface area contributed by atoms with E-state index in [0.29, 0.717) is 6.61 Å². The van der Waals surface area contributed by atoms with Crippen LogP contribution in [0.1, 0.15) is 20.8 Å². The van der Waals surface area contributed by atoms with Gasteiger partial charge in [-0.1, -0.05) is 0 Å². The average Bonchev–Trinajstić information content (AvgIpc) is 2.48. The molecule has 0 fully saturated rings. The minimum absolute atomic E-state index is 0.0782. The van der Waals surface area contributed by atoms with Gasteiger partial charge >= 0.3 is 6.16 Å². The van der Waals surface area contributed by atoms with Crippen molar-refractivity contribution in [2.24, 2.45) is 5.10 Å². The highest BCUT2D eigenvalue weighted by Crippen LogP contribution is 2.13. The summed E-state index contributed by atoms with van der Waals surface area (Å²) in [7, 11) is 1.86. The summed E-state index contributed by atoms with van der Waals surface area (Å²) in [4.78, 5) is 12.9. The molecular formula is C9H17N3O3. The van der Waals surface area contributed by atoms with Crippen LogP contribution in [0, 0.1) is 0 Å². The van der Waals surface area contributed by atoms with E-state index in [1.807, 2.05) is 18.9 Å². The highest BCUT2D eigenvalue weighted by Gasteiger charge is 2.27. The summed E-state index contributed by atoms with van der Waals surface area (Å²) >= 11 is 0. The van der Waals surface area contributed by atoms with Gasteiger partial charge in [0.1, 0.15) is 12.5 Å². The number of hydrazone groups is 1. The first-order valence-corrected chi connectivity index (χ1v) is 4.94. The molecule has 0 aromatic carbocycles. The van der Waals surface area contributed by atoms with E-state index in [2.05, 4.69) is 9.84 Å². The molecule has 0 amide bonds. The molecule has 1 aliphatic heterocycles. The molecule has 0 saturated carbocycles. The smallest absolute Gasteiger partial charge is 0.435 e. The van der Waals surface area contributed by atoms with Crippen LogP contribution in [-0.2, 0) is 9.47 Å². The number of ether oxygens (including phenoxy) is 2. The number of carbonyl (C=O) groups excluding carboxylic acids is 1. The normalized spacial score (nSPS) is 21.7. The fraction of sp³-hybridized carbons (Fsp3) is 0.778. The van der Waals surface area contributed by atoms with Gasteiger partial charge in [0.2, 0.25) is 0 Å². The Morgan fingerprint density at radius 1 is 1.67 bits per heavy atom. The van der Waals surface area contributed by atoms with Crippen LogP contribution in [0.5, 0.6) is 0 Å². The Morgan fingerprint density at radius 2 is 2.33 bits per heavy atom. The number of hydrogen-bond donors (Lipinski definition) is 0. The molecule has 1 aliphatic rings. The Kier molecular flexibility index (Phi) is 3.76. The molecule has 2 atom stereocenters. The third-order valence-corrected chi connectivity index (χ3v) is 2.29. The summed E-state index contributed by atoms with van der Waals surface area (Å²) in [5.41, 5.74) is 0. The van der Waals surface area contributed by atoms with Crippen LogP contribution in [0.4, 0.5) is 4.79 Å². The van der Waals surface area contributed by atoms with Crippen LogP contribution in [0.15, 0.2) is 5.10 Å². The quantitative estimate of drug-likeness (QED) is 0.658. The molecule has 0 aromatic heterocycles. The van der Waals surface area contributed by atoms with E-state index in [-0.39, 0.29) is 12.4 Å². The fourth-order valence-corrected chi connectivity index (χ4v) is 1.28. The predicted molar refractivity (Wildman–Crippen MR) is 55.1 cm³/mol. The standard InChI is InChI=1S/C9H17N3O3/c1-5-14-9(13)15-8(3)12-6-10-11(4)7(12)2/h6-8H,5H2,1-4H3. The van der Waals surface area contributed by atoms with Gasteiger partial charge in [-0.05, 0) is 20.8 Å². The molecule has 0 spiro atoms. The molecule has 1 heterocycles. The van der Waals surface area contributed by atoms with Crippen molar-refractivity contribution in [2.75, 3.05) is 13.7 Å². The molecule has 2 unspecified atom stereocenters. The van der Waals surface area contributed by atoms with E-state index in [0.717, 1.165) is 0 Å². The van der Waals surface area contributed by atoms with Crippen molar-refractivity contribution in [1.29, 1.82) is 0 Å². The molecule has 0 radical (unpaired) electrons. The van der Waals surface area contributed by atoms with Crippen molar-refractivity contribution in [3.63, 3.8) is 0 Å². The van der Waals surface area contributed by atoms with Crippen molar-refractivity contribution in [1.82, 2.24) is 9.91 Å². The van der Waals surface area contributed by atoms with Gasteiger partial charge in [0, 0.05) is 7.05 Å². The second-order valence-corrected chi connectivity index (χ2v) is 3.28. The predicted octanol–water partition coefficient (Wildman–Crippen LogP) is 1.04. The van der Waals surface area contributed by atoms with Crippen LogP contribution in [0.3, 0.4) is 0 Å². The Morgan fingerprint density at radius 3 is 2.80 bits per heavy atom. The number of rotatable bonds is 3.